The molecule has 0 fully saturated rings. The molecule has 2 aromatic carbocycles. The van der Waals surface area contributed by atoms with Crippen LogP contribution < -0.4 is 15.0 Å². The molecule has 2 amide bonds. The maximum absolute atomic E-state index is 13.6. The van der Waals surface area contributed by atoms with Gasteiger partial charge in [-0.1, -0.05) is 0 Å². The van der Waals surface area contributed by atoms with Crippen molar-refractivity contribution >= 4 is 28.9 Å². The Hall–Kier alpha value is -3.56. The number of nitro benzene ring substituents is 1. The lowest BCUT2D eigenvalue weighted by atomic mass is 10.2. The Morgan fingerprint density at radius 3 is 2.77 bits per heavy atom. The summed E-state index contributed by atoms with van der Waals surface area (Å²) in [5.41, 5.74) is -0.621. The predicted octanol–water partition coefficient (Wildman–Crippen LogP) is 2.24. The van der Waals surface area contributed by atoms with Gasteiger partial charge in [0.05, 0.1) is 16.3 Å². The first kappa shape index (κ1) is 17.3. The van der Waals surface area contributed by atoms with Crippen molar-refractivity contribution in [2.24, 2.45) is 0 Å². The van der Waals surface area contributed by atoms with Crippen molar-refractivity contribution in [3.8, 4) is 5.75 Å². The normalized spacial score (nSPS) is 13.0. The predicted molar refractivity (Wildman–Crippen MR) is 85.9 cm³/mol. The van der Waals surface area contributed by atoms with Crippen LogP contribution in [0.1, 0.15) is 0 Å². The number of ether oxygens (including phenoxy) is 1. The van der Waals surface area contributed by atoms with Crippen molar-refractivity contribution < 1.29 is 28.0 Å². The molecule has 0 aliphatic carbocycles. The van der Waals surface area contributed by atoms with Crippen molar-refractivity contribution in [3.05, 3.63) is 58.1 Å². The zero-order chi connectivity index (χ0) is 18.8. The van der Waals surface area contributed by atoms with E-state index >= 15 is 0 Å². The molecule has 1 aliphatic heterocycles. The molecule has 0 saturated carbocycles. The SMILES string of the molecule is O=C(CN1C(=O)COc2ccc([N+](=O)[O-])cc21)Nc1cc(F)ccc1F. The summed E-state index contributed by atoms with van der Waals surface area (Å²) in [5, 5.41) is 13.1. The molecule has 8 nitrogen and oxygen atoms in total. The highest BCUT2D eigenvalue weighted by atomic mass is 19.1. The standard InChI is InChI=1S/C16H11F2N3O5/c17-9-1-3-11(18)12(5-9)19-15(22)7-20-13-6-10(21(24)25)2-4-14(13)26-8-16(20)23/h1-6H,7-8H2,(H,19,22). The fourth-order valence-corrected chi connectivity index (χ4v) is 2.40. The molecule has 10 heteroatoms. The Labute approximate surface area is 145 Å². The van der Waals surface area contributed by atoms with Crippen molar-refractivity contribution in [1.29, 1.82) is 0 Å². The average molecular weight is 363 g/mol. The van der Waals surface area contributed by atoms with E-state index < -0.39 is 34.9 Å². The van der Waals surface area contributed by atoms with Gasteiger partial charge in [0.15, 0.2) is 6.61 Å². The van der Waals surface area contributed by atoms with Gasteiger partial charge in [0, 0.05) is 18.2 Å². The van der Waals surface area contributed by atoms with Gasteiger partial charge >= 0.3 is 0 Å². The van der Waals surface area contributed by atoms with Crippen molar-refractivity contribution in [2.75, 3.05) is 23.4 Å². The summed E-state index contributed by atoms with van der Waals surface area (Å²) in [5.74, 6) is -2.80. The first-order valence-electron chi connectivity index (χ1n) is 7.31. The summed E-state index contributed by atoms with van der Waals surface area (Å²) in [4.78, 5) is 35.5. The summed E-state index contributed by atoms with van der Waals surface area (Å²) < 4.78 is 32.0. The number of nitrogens with one attached hydrogen (secondary N) is 1. The molecule has 0 atom stereocenters. The lowest BCUT2D eigenvalue weighted by molar-refractivity contribution is -0.384. The third kappa shape index (κ3) is 3.43. The Balaban J connectivity index is 1.84. The van der Waals surface area contributed by atoms with Crippen LogP contribution in [-0.4, -0.2) is 29.9 Å². The van der Waals surface area contributed by atoms with Crippen LogP contribution in [0.3, 0.4) is 0 Å². The molecule has 0 spiro atoms. The highest BCUT2D eigenvalue weighted by Crippen LogP contribution is 2.35. The number of hydrogen-bond acceptors (Lipinski definition) is 5. The largest absolute Gasteiger partial charge is 0.482 e. The van der Waals surface area contributed by atoms with Crippen LogP contribution in [0.15, 0.2) is 36.4 Å². The smallest absolute Gasteiger partial charge is 0.271 e. The topological polar surface area (TPSA) is 102 Å². The molecule has 0 aromatic heterocycles. The monoisotopic (exact) mass is 363 g/mol. The molecule has 0 unspecified atom stereocenters. The van der Waals surface area contributed by atoms with Crippen LogP contribution >= 0.6 is 0 Å². The lowest BCUT2D eigenvalue weighted by Gasteiger charge is -2.28. The Kier molecular flexibility index (Phi) is 4.48. The maximum Gasteiger partial charge on any atom is 0.271 e. The fraction of sp³-hybridized carbons (Fsp3) is 0.125. The average Bonchev–Trinajstić information content (AvgIpc) is 2.60. The van der Waals surface area contributed by atoms with Gasteiger partial charge < -0.3 is 10.1 Å². The quantitative estimate of drug-likeness (QED) is 0.663. The number of carbonyl (C=O) groups is 2. The number of fused-ring (bicyclic) bond motifs is 1. The van der Waals surface area contributed by atoms with Crippen LogP contribution in [0.5, 0.6) is 5.75 Å². The van der Waals surface area contributed by atoms with Crippen LogP contribution in [0.25, 0.3) is 0 Å². The van der Waals surface area contributed by atoms with Gasteiger partial charge in [-0.2, -0.15) is 0 Å². The van der Waals surface area contributed by atoms with E-state index in [9.17, 15) is 28.5 Å². The number of anilines is 2. The zero-order valence-electron chi connectivity index (χ0n) is 13.1. The van der Waals surface area contributed by atoms with Gasteiger partial charge in [-0.15, -0.1) is 0 Å². The van der Waals surface area contributed by atoms with Crippen molar-refractivity contribution in [2.45, 2.75) is 0 Å². The second-order valence-electron chi connectivity index (χ2n) is 5.35. The number of non-ortho nitro benzene ring substituents is 1. The highest BCUT2D eigenvalue weighted by molar-refractivity contribution is 6.05. The third-order valence-corrected chi connectivity index (χ3v) is 3.60. The number of hydrogen-bond donors (Lipinski definition) is 1. The fourth-order valence-electron chi connectivity index (χ4n) is 2.40. The minimum absolute atomic E-state index is 0.0466. The van der Waals surface area contributed by atoms with Crippen LogP contribution in [0, 0.1) is 21.7 Å². The molecule has 2 aromatic rings. The van der Waals surface area contributed by atoms with E-state index in [2.05, 4.69) is 5.32 Å². The third-order valence-electron chi connectivity index (χ3n) is 3.60. The summed E-state index contributed by atoms with van der Waals surface area (Å²) >= 11 is 0. The summed E-state index contributed by atoms with van der Waals surface area (Å²) in [6, 6.07) is 6.16. The van der Waals surface area contributed by atoms with Gasteiger partial charge in [-0.3, -0.25) is 24.6 Å². The minimum Gasteiger partial charge on any atom is -0.482 e. The molecule has 26 heavy (non-hydrogen) atoms. The zero-order valence-corrected chi connectivity index (χ0v) is 13.1. The van der Waals surface area contributed by atoms with Gasteiger partial charge in [0.25, 0.3) is 11.6 Å². The van der Waals surface area contributed by atoms with Gasteiger partial charge in [0.1, 0.15) is 23.9 Å². The number of benzene rings is 2. The van der Waals surface area contributed by atoms with E-state index in [4.69, 9.17) is 4.74 Å². The molecule has 1 N–H and O–H groups in total. The Morgan fingerprint density at radius 2 is 2.04 bits per heavy atom. The molecule has 1 heterocycles. The molecular weight excluding hydrogens is 352 g/mol. The Bertz CT molecular complexity index is 919. The number of nitrogens with zero attached hydrogens (tertiary/aromatic N) is 2. The van der Waals surface area contributed by atoms with E-state index in [1.807, 2.05) is 0 Å². The molecule has 0 saturated heterocycles. The number of nitro groups is 1. The number of amides is 2. The minimum atomic E-state index is -0.843. The van der Waals surface area contributed by atoms with Crippen molar-refractivity contribution in [1.82, 2.24) is 0 Å². The first-order valence-corrected chi connectivity index (χ1v) is 7.31. The number of rotatable bonds is 4. The molecule has 134 valence electrons. The van der Waals surface area contributed by atoms with Gasteiger partial charge in [-0.25, -0.2) is 8.78 Å². The Morgan fingerprint density at radius 1 is 1.27 bits per heavy atom. The molecule has 0 radical (unpaired) electrons. The lowest BCUT2D eigenvalue weighted by Crippen LogP contribution is -2.43. The van der Waals surface area contributed by atoms with Gasteiger partial charge in [-0.05, 0) is 18.2 Å². The van der Waals surface area contributed by atoms with E-state index in [-0.39, 0.29) is 29.4 Å². The molecule has 3 rings (SSSR count). The summed E-state index contributed by atoms with van der Waals surface area (Å²) in [6.07, 6.45) is 0. The molecular formula is C16H11F2N3O5. The van der Waals surface area contributed by atoms with E-state index in [0.717, 1.165) is 29.2 Å². The highest BCUT2D eigenvalue weighted by Gasteiger charge is 2.29. The first-order chi connectivity index (χ1) is 12.3. The second-order valence-corrected chi connectivity index (χ2v) is 5.35. The van der Waals surface area contributed by atoms with E-state index in [1.165, 1.54) is 12.1 Å². The molecule has 0 bridgehead atoms. The van der Waals surface area contributed by atoms with E-state index in [0.29, 0.717) is 0 Å². The second kappa shape index (κ2) is 6.75. The summed E-state index contributed by atoms with van der Waals surface area (Å²) in [7, 11) is 0. The van der Waals surface area contributed by atoms with Gasteiger partial charge in [0.2, 0.25) is 5.91 Å². The van der Waals surface area contributed by atoms with Crippen molar-refractivity contribution in [3.63, 3.8) is 0 Å². The van der Waals surface area contributed by atoms with Crippen LogP contribution in [0.2, 0.25) is 0 Å². The van der Waals surface area contributed by atoms with E-state index in [1.54, 1.807) is 0 Å². The van der Waals surface area contributed by atoms with Crippen LogP contribution in [0.4, 0.5) is 25.8 Å². The number of halogens is 2. The number of carbonyl (C=O) groups excluding carboxylic acids is 2. The van der Waals surface area contributed by atoms with Crippen LogP contribution in [-0.2, 0) is 9.59 Å². The summed E-state index contributed by atoms with van der Waals surface area (Å²) in [6.45, 7) is -0.904. The maximum atomic E-state index is 13.6. The molecule has 1 aliphatic rings.